The van der Waals surface area contributed by atoms with E-state index in [2.05, 4.69) is 20.6 Å². The predicted molar refractivity (Wildman–Crippen MR) is 98.3 cm³/mol. The van der Waals surface area contributed by atoms with Crippen LogP contribution in [0.2, 0.25) is 10.0 Å². The molecule has 0 fully saturated rings. The average molecular weight is 390 g/mol. The summed E-state index contributed by atoms with van der Waals surface area (Å²) in [7, 11) is 0. The van der Waals surface area contributed by atoms with E-state index in [1.165, 1.54) is 16.8 Å². The lowest BCUT2D eigenvalue weighted by Crippen LogP contribution is -2.25. The number of hydrogen-bond donors (Lipinski definition) is 2. The Bertz CT molecular complexity index is 1070. The van der Waals surface area contributed by atoms with Crippen LogP contribution in [-0.4, -0.2) is 25.9 Å². The van der Waals surface area contributed by atoms with Crippen molar-refractivity contribution in [3.05, 3.63) is 67.6 Å². The minimum absolute atomic E-state index is 0.163. The number of hydrogen-bond acceptors (Lipinski definition) is 4. The van der Waals surface area contributed by atoms with Crippen molar-refractivity contribution in [1.29, 1.82) is 0 Å². The van der Waals surface area contributed by atoms with Crippen molar-refractivity contribution < 1.29 is 4.79 Å². The Morgan fingerprint density at radius 1 is 1.19 bits per heavy atom. The third-order valence-corrected chi connectivity index (χ3v) is 5.17. The normalized spacial score (nSPS) is 16.3. The molecule has 1 aromatic carbocycles. The zero-order valence-corrected chi connectivity index (χ0v) is 15.1. The number of fused-ring (bicyclic) bond motifs is 1. The van der Waals surface area contributed by atoms with E-state index in [4.69, 9.17) is 23.2 Å². The highest BCUT2D eigenvalue weighted by atomic mass is 35.5. The van der Waals surface area contributed by atoms with Gasteiger partial charge in [-0.1, -0.05) is 35.3 Å². The van der Waals surface area contributed by atoms with Crippen LogP contribution in [0.3, 0.4) is 0 Å². The third kappa shape index (κ3) is 2.69. The molecule has 0 spiro atoms. The van der Waals surface area contributed by atoms with Crippen molar-refractivity contribution in [2.45, 2.75) is 19.3 Å². The molecule has 7 nitrogen and oxygen atoms in total. The minimum atomic E-state index is -0.320. The first-order valence-electron chi connectivity index (χ1n) is 7.85. The summed E-state index contributed by atoms with van der Waals surface area (Å²) in [6.07, 6.45) is 0.235. The maximum Gasteiger partial charge on any atom is 0.264 e. The number of benzene rings is 1. The molecule has 132 valence electrons. The van der Waals surface area contributed by atoms with E-state index in [0.29, 0.717) is 21.7 Å². The minimum Gasteiger partial charge on any atom is -0.310 e. The van der Waals surface area contributed by atoms with E-state index in [1.54, 1.807) is 12.1 Å². The molecule has 1 amide bonds. The van der Waals surface area contributed by atoms with Gasteiger partial charge in [-0.05, 0) is 24.6 Å². The van der Waals surface area contributed by atoms with Crippen LogP contribution >= 0.6 is 23.2 Å². The van der Waals surface area contributed by atoms with Crippen molar-refractivity contribution >= 4 is 34.9 Å². The van der Waals surface area contributed by atoms with Crippen LogP contribution in [0.25, 0.3) is 5.82 Å². The van der Waals surface area contributed by atoms with Crippen molar-refractivity contribution in [1.82, 2.24) is 20.0 Å². The standard InChI is InChI=1S/C17H13Cl2N5O2/c1-8-15-10(9-3-2-4-11(18)16(9)19)7-14(26)20-17(15)24(23-8)12-5-6-13(25)22-21-12/h2-6,10H,7H2,1H3,(H,20,26)(H,22,25). The molecule has 0 saturated heterocycles. The Morgan fingerprint density at radius 3 is 2.73 bits per heavy atom. The fourth-order valence-corrected chi connectivity index (χ4v) is 3.66. The molecule has 3 heterocycles. The number of nitrogens with one attached hydrogen (secondary N) is 2. The Morgan fingerprint density at radius 2 is 2.00 bits per heavy atom. The maximum atomic E-state index is 12.3. The fraction of sp³-hybridized carbons (Fsp3) is 0.176. The smallest absolute Gasteiger partial charge is 0.264 e. The van der Waals surface area contributed by atoms with Crippen molar-refractivity contribution in [2.24, 2.45) is 0 Å². The number of aromatic nitrogens is 4. The van der Waals surface area contributed by atoms with Crippen LogP contribution in [-0.2, 0) is 4.79 Å². The summed E-state index contributed by atoms with van der Waals surface area (Å²) >= 11 is 12.5. The van der Waals surface area contributed by atoms with Gasteiger partial charge in [0.15, 0.2) is 5.82 Å². The Hall–Kier alpha value is -2.64. The molecule has 0 aliphatic carbocycles. The van der Waals surface area contributed by atoms with E-state index in [-0.39, 0.29) is 23.8 Å². The van der Waals surface area contributed by atoms with Crippen LogP contribution in [0, 0.1) is 6.92 Å². The van der Waals surface area contributed by atoms with Crippen LogP contribution in [0.4, 0.5) is 5.82 Å². The van der Waals surface area contributed by atoms with Gasteiger partial charge in [-0.3, -0.25) is 9.59 Å². The molecule has 2 aromatic heterocycles. The van der Waals surface area contributed by atoms with E-state index >= 15 is 0 Å². The first-order chi connectivity index (χ1) is 12.5. The van der Waals surface area contributed by atoms with Gasteiger partial charge in [0.2, 0.25) is 5.91 Å². The molecule has 2 N–H and O–H groups in total. The van der Waals surface area contributed by atoms with Gasteiger partial charge in [-0.25, -0.2) is 5.10 Å². The topological polar surface area (TPSA) is 92.7 Å². The Kier molecular flexibility index (Phi) is 4.05. The van der Waals surface area contributed by atoms with Crippen LogP contribution in [0.15, 0.2) is 35.1 Å². The second-order valence-corrected chi connectivity index (χ2v) is 6.77. The van der Waals surface area contributed by atoms with Gasteiger partial charge in [-0.2, -0.15) is 14.9 Å². The molecule has 1 aliphatic rings. The summed E-state index contributed by atoms with van der Waals surface area (Å²) in [6.45, 7) is 1.85. The molecule has 1 aliphatic heterocycles. The summed E-state index contributed by atoms with van der Waals surface area (Å²) in [5.41, 5.74) is 2.03. The SMILES string of the molecule is Cc1nn(-c2ccc(=O)[nH]n2)c2c1C(c1cccc(Cl)c1Cl)CC(=O)N2. The summed E-state index contributed by atoms with van der Waals surface area (Å²) < 4.78 is 1.50. The van der Waals surface area contributed by atoms with E-state index < -0.39 is 0 Å². The van der Waals surface area contributed by atoms with Crippen LogP contribution in [0.5, 0.6) is 0 Å². The molecule has 1 atom stereocenters. The number of nitrogens with zero attached hydrogens (tertiary/aromatic N) is 3. The zero-order valence-electron chi connectivity index (χ0n) is 13.6. The number of carbonyl (C=O) groups excluding carboxylic acids is 1. The second kappa shape index (κ2) is 6.26. The van der Waals surface area contributed by atoms with Gasteiger partial charge in [0, 0.05) is 24.0 Å². The molecule has 0 saturated carbocycles. The highest BCUT2D eigenvalue weighted by molar-refractivity contribution is 6.42. The van der Waals surface area contributed by atoms with Crippen LogP contribution in [0.1, 0.15) is 29.2 Å². The third-order valence-electron chi connectivity index (χ3n) is 4.34. The second-order valence-electron chi connectivity index (χ2n) is 5.99. The zero-order chi connectivity index (χ0) is 18.4. The van der Waals surface area contributed by atoms with Gasteiger partial charge >= 0.3 is 0 Å². The molecule has 3 aromatic rings. The summed E-state index contributed by atoms with van der Waals surface area (Å²) in [5, 5.41) is 14.6. The number of amides is 1. The fourth-order valence-electron chi connectivity index (χ4n) is 3.22. The highest BCUT2D eigenvalue weighted by Crippen LogP contribution is 2.43. The Balaban J connectivity index is 1.91. The lowest BCUT2D eigenvalue weighted by Gasteiger charge is -2.25. The first kappa shape index (κ1) is 16.8. The number of aryl methyl sites for hydroxylation is 1. The highest BCUT2D eigenvalue weighted by Gasteiger charge is 2.34. The number of H-pyrrole nitrogens is 1. The number of halogens is 2. The number of anilines is 1. The Labute approximate surface area is 157 Å². The summed E-state index contributed by atoms with van der Waals surface area (Å²) in [5.74, 6) is 0.469. The van der Waals surface area contributed by atoms with E-state index in [1.807, 2.05) is 13.0 Å². The molecule has 4 rings (SSSR count). The molecular weight excluding hydrogens is 377 g/mol. The monoisotopic (exact) mass is 389 g/mol. The summed E-state index contributed by atoms with van der Waals surface area (Å²) in [4.78, 5) is 23.6. The predicted octanol–water partition coefficient (Wildman–Crippen LogP) is 3.04. The van der Waals surface area contributed by atoms with Crippen molar-refractivity contribution in [3.8, 4) is 5.82 Å². The molecular formula is C17H13Cl2N5O2. The summed E-state index contributed by atoms with van der Waals surface area (Å²) in [6, 6.07) is 8.25. The number of carbonyl (C=O) groups is 1. The van der Waals surface area contributed by atoms with Gasteiger partial charge in [0.25, 0.3) is 5.56 Å². The molecule has 26 heavy (non-hydrogen) atoms. The lowest BCUT2D eigenvalue weighted by molar-refractivity contribution is -0.116. The molecule has 9 heteroatoms. The molecule has 0 radical (unpaired) electrons. The number of rotatable bonds is 2. The maximum absolute atomic E-state index is 12.3. The molecule has 1 unspecified atom stereocenters. The lowest BCUT2D eigenvalue weighted by atomic mass is 9.86. The first-order valence-corrected chi connectivity index (χ1v) is 8.60. The largest absolute Gasteiger partial charge is 0.310 e. The van der Waals surface area contributed by atoms with Gasteiger partial charge < -0.3 is 5.32 Å². The van der Waals surface area contributed by atoms with E-state index in [0.717, 1.165) is 16.8 Å². The number of aromatic amines is 1. The van der Waals surface area contributed by atoms with Crippen molar-refractivity contribution in [2.75, 3.05) is 5.32 Å². The molecule has 0 bridgehead atoms. The quantitative estimate of drug-likeness (QED) is 0.704. The van der Waals surface area contributed by atoms with Gasteiger partial charge in [0.05, 0.1) is 15.7 Å². The van der Waals surface area contributed by atoms with E-state index in [9.17, 15) is 9.59 Å². The van der Waals surface area contributed by atoms with Gasteiger partial charge in [0.1, 0.15) is 5.82 Å². The van der Waals surface area contributed by atoms with Crippen molar-refractivity contribution in [3.63, 3.8) is 0 Å². The van der Waals surface area contributed by atoms with Crippen LogP contribution < -0.4 is 10.9 Å². The van der Waals surface area contributed by atoms with Gasteiger partial charge in [-0.15, -0.1) is 0 Å². The average Bonchev–Trinajstić information content (AvgIpc) is 2.94.